The van der Waals surface area contributed by atoms with E-state index in [9.17, 15) is 9.67 Å². The molecule has 1 N–H and O–H groups in total. The third-order valence-electron chi connectivity index (χ3n) is 1.61. The number of hydrogen-bond acceptors (Lipinski definition) is 6. The van der Waals surface area contributed by atoms with Crippen LogP contribution < -0.4 is 0 Å². The Hall–Kier alpha value is -0.970. The Morgan fingerprint density at radius 2 is 2.33 bits per heavy atom. The maximum Gasteiger partial charge on any atom is 0.593 e. The van der Waals surface area contributed by atoms with Crippen molar-refractivity contribution >= 4 is 7.82 Å². The smallest absolute Gasteiger partial charge is 0.441 e. The van der Waals surface area contributed by atoms with E-state index in [0.717, 1.165) is 0 Å². The molecule has 1 saturated heterocycles. The monoisotopic (exact) mass is 190 g/mol. The average Bonchev–Trinajstić information content (AvgIpc) is 2.36. The van der Waals surface area contributed by atoms with Crippen LogP contribution in [0.25, 0.3) is 0 Å². The molecule has 0 radical (unpaired) electrons. The fourth-order valence-electron chi connectivity index (χ4n) is 1.15. The predicted molar refractivity (Wildman–Crippen MR) is 33.1 cm³/mol. The van der Waals surface area contributed by atoms with Crippen LogP contribution in [0.4, 0.5) is 0 Å². The van der Waals surface area contributed by atoms with E-state index in [1.807, 2.05) is 0 Å². The normalized spacial score (nSPS) is 47.1. The zero-order chi connectivity index (χ0) is 8.40. The minimum absolute atomic E-state index is 0.0756. The topological polar surface area (TPSA) is 74.2 Å². The molecular weight excluding hydrogens is 187 g/mol. The molecule has 2 bridgehead atoms. The van der Waals surface area contributed by atoms with Crippen molar-refractivity contribution < 1.29 is 28.0 Å². The second-order valence-corrected chi connectivity index (χ2v) is 3.86. The lowest BCUT2D eigenvalue weighted by Gasteiger charge is -2.24. The maximum atomic E-state index is 11.3. The van der Waals surface area contributed by atoms with Gasteiger partial charge in [0.25, 0.3) is 5.76 Å². The van der Waals surface area contributed by atoms with E-state index >= 15 is 0 Å². The van der Waals surface area contributed by atoms with Crippen molar-refractivity contribution in [3.63, 3.8) is 0 Å². The van der Waals surface area contributed by atoms with Crippen molar-refractivity contribution in [2.75, 3.05) is 0 Å². The first-order chi connectivity index (χ1) is 5.61. The Morgan fingerprint density at radius 3 is 2.92 bits per heavy atom. The van der Waals surface area contributed by atoms with E-state index in [-0.39, 0.29) is 11.5 Å². The van der Waals surface area contributed by atoms with Crippen LogP contribution >= 0.6 is 7.82 Å². The molecule has 3 heterocycles. The van der Waals surface area contributed by atoms with Crippen LogP contribution in [-0.4, -0.2) is 11.1 Å². The Morgan fingerprint density at radius 1 is 1.50 bits per heavy atom. The first-order valence-electron chi connectivity index (χ1n) is 3.13. The third kappa shape index (κ3) is 0.568. The fraction of sp³-hybridized carbons (Fsp3) is 0.200. The summed E-state index contributed by atoms with van der Waals surface area (Å²) in [6, 6.07) is 0. The Labute approximate surface area is 66.6 Å². The van der Waals surface area contributed by atoms with Gasteiger partial charge in [0.15, 0.2) is 5.76 Å². The molecule has 12 heavy (non-hydrogen) atoms. The van der Waals surface area contributed by atoms with Crippen LogP contribution in [0.3, 0.4) is 0 Å². The van der Waals surface area contributed by atoms with Gasteiger partial charge in [-0.3, -0.25) is 0 Å². The standard InChI is InChI=1S/C5H3O6P/c6-5-4-3(1-2-8-5)9-12(7,10-4)11-5/h1-2,6H. The number of rotatable bonds is 0. The van der Waals surface area contributed by atoms with E-state index in [1.54, 1.807) is 0 Å². The quantitative estimate of drug-likeness (QED) is 0.563. The average molecular weight is 190 g/mol. The molecule has 1 fully saturated rings. The van der Waals surface area contributed by atoms with Crippen LogP contribution in [0, 0.1) is 0 Å². The van der Waals surface area contributed by atoms with Crippen molar-refractivity contribution in [3.05, 3.63) is 23.9 Å². The van der Waals surface area contributed by atoms with Gasteiger partial charge in [-0.05, 0) is 0 Å². The molecule has 3 aliphatic rings. The van der Waals surface area contributed by atoms with E-state index < -0.39 is 13.8 Å². The highest BCUT2D eigenvalue weighted by Gasteiger charge is 2.65. The lowest BCUT2D eigenvalue weighted by molar-refractivity contribution is -0.271. The summed E-state index contributed by atoms with van der Waals surface area (Å²) in [5.41, 5.74) is 0. The number of ether oxygens (including phenoxy) is 1. The molecule has 0 aliphatic carbocycles. The fourth-order valence-corrected chi connectivity index (χ4v) is 2.50. The van der Waals surface area contributed by atoms with Gasteiger partial charge in [-0.2, -0.15) is 4.52 Å². The molecule has 64 valence electrons. The van der Waals surface area contributed by atoms with Gasteiger partial charge in [0.1, 0.15) is 0 Å². The van der Waals surface area contributed by atoms with Gasteiger partial charge in [0.05, 0.1) is 6.26 Å². The number of hydrogen-bond donors (Lipinski definition) is 1. The molecule has 0 saturated carbocycles. The highest BCUT2D eigenvalue weighted by molar-refractivity contribution is 7.49. The Balaban J connectivity index is 2.25. The minimum atomic E-state index is -3.62. The van der Waals surface area contributed by atoms with Crippen molar-refractivity contribution in [2.24, 2.45) is 0 Å². The van der Waals surface area contributed by atoms with Crippen LogP contribution in [0.15, 0.2) is 23.9 Å². The molecule has 7 heteroatoms. The lowest BCUT2D eigenvalue weighted by atomic mass is 10.3. The summed E-state index contributed by atoms with van der Waals surface area (Å²) in [7, 11) is -3.62. The van der Waals surface area contributed by atoms with Gasteiger partial charge in [0, 0.05) is 6.08 Å². The summed E-state index contributed by atoms with van der Waals surface area (Å²) in [6.45, 7) is 0. The molecule has 2 unspecified atom stereocenters. The maximum absolute atomic E-state index is 11.3. The highest BCUT2D eigenvalue weighted by atomic mass is 31.2. The highest BCUT2D eigenvalue weighted by Crippen LogP contribution is 2.70. The van der Waals surface area contributed by atoms with Gasteiger partial charge in [-0.15, -0.1) is 0 Å². The van der Waals surface area contributed by atoms with Crippen LogP contribution in [0.2, 0.25) is 0 Å². The van der Waals surface area contributed by atoms with Gasteiger partial charge in [-0.25, -0.2) is 4.57 Å². The Kier molecular flexibility index (Phi) is 0.840. The first-order valence-corrected chi connectivity index (χ1v) is 4.59. The number of aliphatic hydroxyl groups is 1. The zero-order valence-corrected chi connectivity index (χ0v) is 6.48. The second kappa shape index (κ2) is 1.54. The number of fused-ring (bicyclic) bond motifs is 1. The summed E-state index contributed by atoms with van der Waals surface area (Å²) in [4.78, 5) is 0. The molecule has 3 rings (SSSR count). The predicted octanol–water partition coefficient (Wildman–Crippen LogP) is 0.573. The lowest BCUT2D eigenvalue weighted by Crippen LogP contribution is -2.34. The number of phosphoric acid groups is 1. The molecule has 0 aromatic carbocycles. The van der Waals surface area contributed by atoms with Crippen molar-refractivity contribution in [3.8, 4) is 0 Å². The largest absolute Gasteiger partial charge is 0.593 e. The van der Waals surface area contributed by atoms with Gasteiger partial charge < -0.3 is 18.9 Å². The minimum Gasteiger partial charge on any atom is -0.441 e. The molecule has 0 aromatic rings. The molecule has 0 aromatic heterocycles. The first kappa shape index (κ1) is 6.54. The van der Waals surface area contributed by atoms with E-state index in [4.69, 9.17) is 9.05 Å². The van der Waals surface area contributed by atoms with Crippen LogP contribution in [-0.2, 0) is 22.9 Å². The van der Waals surface area contributed by atoms with Crippen molar-refractivity contribution in [2.45, 2.75) is 5.97 Å². The number of allylic oxidation sites excluding steroid dienone is 1. The second-order valence-electron chi connectivity index (χ2n) is 2.42. The van der Waals surface area contributed by atoms with Crippen molar-refractivity contribution in [1.82, 2.24) is 0 Å². The van der Waals surface area contributed by atoms with Gasteiger partial charge >= 0.3 is 13.8 Å². The zero-order valence-electron chi connectivity index (χ0n) is 5.59. The summed E-state index contributed by atoms with van der Waals surface area (Å²) in [5, 5.41) is 9.45. The van der Waals surface area contributed by atoms with Crippen LogP contribution in [0.1, 0.15) is 0 Å². The van der Waals surface area contributed by atoms with Gasteiger partial charge in [-0.1, -0.05) is 0 Å². The third-order valence-corrected chi connectivity index (χ3v) is 2.90. The van der Waals surface area contributed by atoms with Crippen LogP contribution in [0.5, 0.6) is 0 Å². The Bertz CT molecular complexity index is 370. The number of phosphoric ester groups is 1. The molecule has 0 amide bonds. The van der Waals surface area contributed by atoms with E-state index in [1.165, 1.54) is 12.3 Å². The summed E-state index contributed by atoms with van der Waals surface area (Å²) in [6.07, 6.45) is 2.57. The molecule has 2 atom stereocenters. The SMILES string of the molecule is O=P12OC3=C(O1)C(O)(OC=C3)O2. The summed E-state index contributed by atoms with van der Waals surface area (Å²) in [5.74, 6) is -1.93. The summed E-state index contributed by atoms with van der Waals surface area (Å²) >= 11 is 0. The summed E-state index contributed by atoms with van der Waals surface area (Å²) < 4.78 is 29.9. The van der Waals surface area contributed by atoms with E-state index in [0.29, 0.717) is 0 Å². The van der Waals surface area contributed by atoms with Gasteiger partial charge in [0.2, 0.25) is 0 Å². The van der Waals surface area contributed by atoms with E-state index in [2.05, 4.69) is 9.26 Å². The van der Waals surface area contributed by atoms with Crippen molar-refractivity contribution in [1.29, 1.82) is 0 Å². The molecule has 3 aliphatic heterocycles. The molecular formula is C5H3O6P. The molecule has 6 nitrogen and oxygen atoms in total. The molecule has 0 spiro atoms.